The van der Waals surface area contributed by atoms with Gasteiger partial charge in [0.05, 0.1) is 6.10 Å². The van der Waals surface area contributed by atoms with E-state index in [2.05, 4.69) is 24.3 Å². The average molecular weight is 258 g/mol. The lowest BCUT2D eigenvalue weighted by molar-refractivity contribution is 0.162. The average Bonchev–Trinajstić information content (AvgIpc) is 2.64. The molecule has 1 aromatic carbocycles. The van der Waals surface area contributed by atoms with Crippen molar-refractivity contribution in [2.75, 3.05) is 0 Å². The Bertz CT molecular complexity index is 526. The van der Waals surface area contributed by atoms with Crippen LogP contribution in [0.2, 0.25) is 0 Å². The van der Waals surface area contributed by atoms with Gasteiger partial charge < -0.3 is 9.52 Å². The third-order valence-electron chi connectivity index (χ3n) is 3.74. The fraction of sp³-hybridized carbons (Fsp3) is 0.412. The van der Waals surface area contributed by atoms with Gasteiger partial charge in [0.15, 0.2) is 0 Å². The molecule has 2 nitrogen and oxygen atoms in total. The number of aliphatic hydroxyl groups is 1. The summed E-state index contributed by atoms with van der Waals surface area (Å²) in [7, 11) is 0. The lowest BCUT2D eigenvalue weighted by Gasteiger charge is -2.11. The Labute approximate surface area is 115 Å². The van der Waals surface area contributed by atoms with Gasteiger partial charge in [-0.05, 0) is 51.2 Å². The van der Waals surface area contributed by atoms with Gasteiger partial charge in [0, 0.05) is 5.56 Å². The molecule has 1 aromatic heterocycles. The summed E-state index contributed by atoms with van der Waals surface area (Å²) in [4.78, 5) is 0. The van der Waals surface area contributed by atoms with E-state index in [0.717, 1.165) is 41.9 Å². The van der Waals surface area contributed by atoms with Crippen LogP contribution in [-0.2, 0) is 6.42 Å². The standard InChI is InChI=1S/C17H22O2/c1-12-13(2)19-14(3)17(12)16(18)11-7-10-15-8-5-4-6-9-15/h4-6,8-9,16,18H,7,10-11H2,1-3H3. The molecule has 2 aromatic rings. The number of hydrogen-bond acceptors (Lipinski definition) is 2. The van der Waals surface area contributed by atoms with Crippen LogP contribution in [0, 0.1) is 20.8 Å². The molecule has 0 aliphatic heterocycles. The van der Waals surface area contributed by atoms with Gasteiger partial charge in [0.1, 0.15) is 11.5 Å². The number of hydrogen-bond donors (Lipinski definition) is 1. The topological polar surface area (TPSA) is 33.4 Å². The molecule has 0 saturated heterocycles. The summed E-state index contributed by atoms with van der Waals surface area (Å²) >= 11 is 0. The SMILES string of the molecule is Cc1oc(C)c(C(O)CCCc2ccccc2)c1C. The molecule has 0 amide bonds. The largest absolute Gasteiger partial charge is 0.466 e. The van der Waals surface area contributed by atoms with Crippen LogP contribution in [0.25, 0.3) is 0 Å². The van der Waals surface area contributed by atoms with Gasteiger partial charge in [-0.15, -0.1) is 0 Å². The molecule has 102 valence electrons. The zero-order valence-corrected chi connectivity index (χ0v) is 11.9. The zero-order valence-electron chi connectivity index (χ0n) is 11.9. The van der Waals surface area contributed by atoms with Crippen molar-refractivity contribution in [3.63, 3.8) is 0 Å². The molecule has 0 aliphatic carbocycles. The molecule has 1 atom stereocenters. The summed E-state index contributed by atoms with van der Waals surface area (Å²) in [6.07, 6.45) is 2.34. The first-order valence-electron chi connectivity index (χ1n) is 6.88. The van der Waals surface area contributed by atoms with Gasteiger partial charge in [-0.25, -0.2) is 0 Å². The van der Waals surface area contributed by atoms with E-state index < -0.39 is 6.10 Å². The highest BCUT2D eigenvalue weighted by atomic mass is 16.3. The molecular formula is C17H22O2. The second-order valence-corrected chi connectivity index (χ2v) is 5.15. The second kappa shape index (κ2) is 6.07. The second-order valence-electron chi connectivity index (χ2n) is 5.15. The van der Waals surface area contributed by atoms with Gasteiger partial charge in [-0.1, -0.05) is 30.3 Å². The van der Waals surface area contributed by atoms with Gasteiger partial charge in [-0.2, -0.15) is 0 Å². The summed E-state index contributed by atoms with van der Waals surface area (Å²) in [5.74, 6) is 1.76. The van der Waals surface area contributed by atoms with E-state index in [1.807, 2.05) is 26.8 Å². The van der Waals surface area contributed by atoms with Crippen molar-refractivity contribution in [2.45, 2.75) is 46.1 Å². The van der Waals surface area contributed by atoms with Crippen molar-refractivity contribution in [2.24, 2.45) is 0 Å². The summed E-state index contributed by atoms with van der Waals surface area (Å²) < 4.78 is 5.57. The first kappa shape index (κ1) is 13.9. The monoisotopic (exact) mass is 258 g/mol. The molecule has 0 aliphatic rings. The molecule has 1 heterocycles. The first-order chi connectivity index (χ1) is 9.09. The molecule has 0 fully saturated rings. The summed E-state index contributed by atoms with van der Waals surface area (Å²) in [6, 6.07) is 10.4. The van der Waals surface area contributed by atoms with Crippen LogP contribution >= 0.6 is 0 Å². The maximum absolute atomic E-state index is 10.3. The fourth-order valence-corrected chi connectivity index (χ4v) is 2.59. The van der Waals surface area contributed by atoms with E-state index in [-0.39, 0.29) is 0 Å². The molecule has 0 saturated carbocycles. The number of furan rings is 1. The molecule has 19 heavy (non-hydrogen) atoms. The minimum Gasteiger partial charge on any atom is -0.466 e. The number of rotatable bonds is 5. The fourth-order valence-electron chi connectivity index (χ4n) is 2.59. The van der Waals surface area contributed by atoms with E-state index in [0.29, 0.717) is 0 Å². The number of aryl methyl sites for hydroxylation is 3. The van der Waals surface area contributed by atoms with E-state index in [9.17, 15) is 5.11 Å². The van der Waals surface area contributed by atoms with Crippen LogP contribution < -0.4 is 0 Å². The molecule has 0 spiro atoms. The van der Waals surface area contributed by atoms with Crippen LogP contribution in [0.3, 0.4) is 0 Å². The predicted octanol–water partition coefficient (Wildman–Crippen LogP) is 4.26. The summed E-state index contributed by atoms with van der Waals surface area (Å²) in [6.45, 7) is 5.89. The predicted molar refractivity (Wildman–Crippen MR) is 77.3 cm³/mol. The first-order valence-corrected chi connectivity index (χ1v) is 6.88. The molecule has 1 unspecified atom stereocenters. The van der Waals surface area contributed by atoms with Crippen molar-refractivity contribution in [3.05, 3.63) is 58.5 Å². The minimum atomic E-state index is -0.416. The van der Waals surface area contributed by atoms with Gasteiger partial charge >= 0.3 is 0 Å². The maximum atomic E-state index is 10.3. The Hall–Kier alpha value is -1.54. The molecule has 1 N–H and O–H groups in total. The van der Waals surface area contributed by atoms with E-state index in [1.165, 1.54) is 5.56 Å². The van der Waals surface area contributed by atoms with E-state index in [4.69, 9.17) is 4.42 Å². The molecule has 0 radical (unpaired) electrons. The highest BCUT2D eigenvalue weighted by Gasteiger charge is 2.18. The van der Waals surface area contributed by atoms with Crippen molar-refractivity contribution >= 4 is 0 Å². The highest BCUT2D eigenvalue weighted by Crippen LogP contribution is 2.29. The van der Waals surface area contributed by atoms with Gasteiger partial charge in [0.2, 0.25) is 0 Å². The summed E-state index contributed by atoms with van der Waals surface area (Å²) in [5.41, 5.74) is 3.39. The third-order valence-corrected chi connectivity index (χ3v) is 3.74. The van der Waals surface area contributed by atoms with Crippen LogP contribution in [-0.4, -0.2) is 5.11 Å². The Kier molecular flexibility index (Phi) is 4.43. The van der Waals surface area contributed by atoms with Crippen molar-refractivity contribution in [3.8, 4) is 0 Å². The van der Waals surface area contributed by atoms with Crippen molar-refractivity contribution < 1.29 is 9.52 Å². The Morgan fingerprint density at radius 2 is 1.74 bits per heavy atom. The number of aliphatic hydroxyl groups excluding tert-OH is 1. The highest BCUT2D eigenvalue weighted by molar-refractivity contribution is 5.33. The number of benzene rings is 1. The van der Waals surface area contributed by atoms with Crippen molar-refractivity contribution in [1.29, 1.82) is 0 Å². The van der Waals surface area contributed by atoms with Crippen LogP contribution in [0.15, 0.2) is 34.7 Å². The van der Waals surface area contributed by atoms with Crippen LogP contribution in [0.1, 0.15) is 47.2 Å². The normalized spacial score (nSPS) is 12.6. The molecular weight excluding hydrogens is 236 g/mol. The van der Waals surface area contributed by atoms with E-state index >= 15 is 0 Å². The van der Waals surface area contributed by atoms with Crippen LogP contribution in [0.4, 0.5) is 0 Å². The van der Waals surface area contributed by atoms with Crippen LogP contribution in [0.5, 0.6) is 0 Å². The van der Waals surface area contributed by atoms with Gasteiger partial charge in [-0.3, -0.25) is 0 Å². The van der Waals surface area contributed by atoms with Crippen molar-refractivity contribution in [1.82, 2.24) is 0 Å². The lowest BCUT2D eigenvalue weighted by atomic mass is 9.98. The summed E-state index contributed by atoms with van der Waals surface area (Å²) in [5, 5.41) is 10.3. The molecule has 0 bridgehead atoms. The smallest absolute Gasteiger partial charge is 0.107 e. The quantitative estimate of drug-likeness (QED) is 0.869. The third kappa shape index (κ3) is 3.27. The molecule has 2 rings (SSSR count). The minimum absolute atomic E-state index is 0.416. The Balaban J connectivity index is 1.93. The Morgan fingerprint density at radius 3 is 2.32 bits per heavy atom. The molecule has 2 heteroatoms. The Morgan fingerprint density at radius 1 is 1.05 bits per heavy atom. The lowest BCUT2D eigenvalue weighted by Crippen LogP contribution is -2.01. The van der Waals surface area contributed by atoms with Gasteiger partial charge in [0.25, 0.3) is 0 Å². The zero-order chi connectivity index (χ0) is 13.8. The van der Waals surface area contributed by atoms with E-state index in [1.54, 1.807) is 0 Å². The maximum Gasteiger partial charge on any atom is 0.107 e.